The van der Waals surface area contributed by atoms with Crippen LogP contribution in [0, 0.1) is 0 Å². The molecule has 0 saturated carbocycles. The summed E-state index contributed by atoms with van der Waals surface area (Å²) in [6.07, 6.45) is -2.86. The molecule has 0 radical (unpaired) electrons. The highest BCUT2D eigenvalue weighted by Gasteiger charge is 2.32. The number of aliphatic hydroxyl groups is 1. The van der Waals surface area contributed by atoms with Crippen LogP contribution in [-0.4, -0.2) is 41.9 Å². The van der Waals surface area contributed by atoms with Crippen molar-refractivity contribution >= 4 is 11.6 Å². The molecule has 29 heavy (non-hydrogen) atoms. The van der Waals surface area contributed by atoms with Crippen LogP contribution in [-0.2, 0) is 10.4 Å². The van der Waals surface area contributed by atoms with Crippen molar-refractivity contribution in [2.45, 2.75) is 31.2 Å². The molecule has 1 fully saturated rings. The summed E-state index contributed by atoms with van der Waals surface area (Å²) in [6, 6.07) is 14.5. The fourth-order valence-electron chi connectivity index (χ4n) is 3.51. The quantitative estimate of drug-likeness (QED) is 0.788. The van der Waals surface area contributed by atoms with Gasteiger partial charge in [-0.3, -0.25) is 9.69 Å². The summed E-state index contributed by atoms with van der Waals surface area (Å²) in [5.74, 6) is -0.608. The molecule has 1 aliphatic heterocycles. The Labute approximate surface area is 167 Å². The number of carbonyl (C=O) groups is 1. The van der Waals surface area contributed by atoms with Gasteiger partial charge in [0, 0.05) is 12.2 Å². The van der Waals surface area contributed by atoms with Crippen LogP contribution >= 0.6 is 0 Å². The minimum Gasteiger partial charge on any atom is -0.406 e. The van der Waals surface area contributed by atoms with Crippen LogP contribution in [0.25, 0.3) is 0 Å². The van der Waals surface area contributed by atoms with Gasteiger partial charge in [0.05, 0.1) is 12.1 Å². The Morgan fingerprint density at radius 3 is 2.41 bits per heavy atom. The molecule has 1 saturated heterocycles. The summed E-state index contributed by atoms with van der Waals surface area (Å²) in [6.45, 7) is 1.39. The number of hydrogen-bond acceptors (Lipinski definition) is 4. The molecule has 1 atom stereocenters. The number of benzene rings is 2. The molecule has 1 unspecified atom stereocenters. The Morgan fingerprint density at radius 2 is 1.76 bits per heavy atom. The maximum absolute atomic E-state index is 12.3. The third kappa shape index (κ3) is 6.20. The fourth-order valence-corrected chi connectivity index (χ4v) is 3.51. The number of alkyl halides is 3. The van der Waals surface area contributed by atoms with Crippen LogP contribution in [0.2, 0.25) is 0 Å². The van der Waals surface area contributed by atoms with E-state index in [1.165, 1.54) is 12.1 Å². The van der Waals surface area contributed by atoms with E-state index >= 15 is 0 Å². The monoisotopic (exact) mass is 408 g/mol. The smallest absolute Gasteiger partial charge is 0.406 e. The van der Waals surface area contributed by atoms with E-state index in [4.69, 9.17) is 0 Å². The SMILES string of the molecule is O=C(CN1CCCC(O)(c2ccccc2)CC1)Nc1ccc(OC(F)(F)F)cc1. The molecule has 1 amide bonds. The zero-order valence-corrected chi connectivity index (χ0v) is 15.8. The molecule has 5 nitrogen and oxygen atoms in total. The molecule has 2 aromatic carbocycles. The predicted octanol–water partition coefficient (Wildman–Crippen LogP) is 3.90. The maximum Gasteiger partial charge on any atom is 0.573 e. The standard InChI is InChI=1S/C21H23F3N2O3/c22-21(23,24)29-18-9-7-17(8-10-18)25-19(27)15-26-13-4-11-20(28,12-14-26)16-5-2-1-3-6-16/h1-3,5-10,28H,4,11-15H2,(H,25,27). The first-order valence-electron chi connectivity index (χ1n) is 9.39. The van der Waals surface area contributed by atoms with Crippen LogP contribution < -0.4 is 10.1 Å². The summed E-state index contributed by atoms with van der Waals surface area (Å²) in [5.41, 5.74) is 0.369. The van der Waals surface area contributed by atoms with E-state index in [0.29, 0.717) is 31.6 Å². The lowest BCUT2D eigenvalue weighted by Gasteiger charge is -2.27. The van der Waals surface area contributed by atoms with E-state index < -0.39 is 12.0 Å². The Balaban J connectivity index is 1.52. The Bertz CT molecular complexity index is 812. The Morgan fingerprint density at radius 1 is 1.07 bits per heavy atom. The highest BCUT2D eigenvalue weighted by atomic mass is 19.4. The minimum absolute atomic E-state index is 0.145. The van der Waals surface area contributed by atoms with E-state index in [2.05, 4.69) is 10.1 Å². The van der Waals surface area contributed by atoms with Crippen LogP contribution in [0.5, 0.6) is 5.75 Å². The van der Waals surface area contributed by atoms with E-state index in [0.717, 1.165) is 24.1 Å². The van der Waals surface area contributed by atoms with Gasteiger partial charge in [0.25, 0.3) is 0 Å². The number of hydrogen-bond donors (Lipinski definition) is 2. The van der Waals surface area contributed by atoms with Gasteiger partial charge >= 0.3 is 6.36 Å². The van der Waals surface area contributed by atoms with Gasteiger partial charge in [-0.25, -0.2) is 0 Å². The van der Waals surface area contributed by atoms with Crippen LogP contribution in [0.4, 0.5) is 18.9 Å². The number of ether oxygens (including phenoxy) is 1. The second-order valence-corrected chi connectivity index (χ2v) is 7.15. The molecular formula is C21H23F3N2O3. The van der Waals surface area contributed by atoms with E-state index in [1.807, 2.05) is 35.2 Å². The average Bonchev–Trinajstić information content (AvgIpc) is 2.85. The average molecular weight is 408 g/mol. The predicted molar refractivity (Wildman–Crippen MR) is 102 cm³/mol. The first kappa shape index (κ1) is 21.1. The molecule has 1 aliphatic rings. The maximum atomic E-state index is 12.3. The molecule has 0 aromatic heterocycles. The lowest BCUT2D eigenvalue weighted by molar-refractivity contribution is -0.274. The van der Waals surface area contributed by atoms with Crippen molar-refractivity contribution in [3.63, 3.8) is 0 Å². The third-order valence-electron chi connectivity index (χ3n) is 4.96. The summed E-state index contributed by atoms with van der Waals surface area (Å²) >= 11 is 0. The fraction of sp³-hybridized carbons (Fsp3) is 0.381. The number of carbonyl (C=O) groups excluding carboxylic acids is 1. The van der Waals surface area contributed by atoms with Crippen LogP contribution in [0.1, 0.15) is 24.8 Å². The summed E-state index contributed by atoms with van der Waals surface area (Å²) in [4.78, 5) is 14.3. The molecule has 2 N–H and O–H groups in total. The van der Waals surface area contributed by atoms with Gasteiger partial charge < -0.3 is 15.2 Å². The highest BCUT2D eigenvalue weighted by molar-refractivity contribution is 5.92. The minimum atomic E-state index is -4.75. The molecule has 0 bridgehead atoms. The zero-order chi connectivity index (χ0) is 20.9. The largest absolute Gasteiger partial charge is 0.573 e. The topological polar surface area (TPSA) is 61.8 Å². The molecule has 2 aromatic rings. The lowest BCUT2D eigenvalue weighted by Crippen LogP contribution is -2.35. The van der Waals surface area contributed by atoms with Gasteiger partial charge in [-0.05, 0) is 55.6 Å². The Hall–Kier alpha value is -2.58. The van der Waals surface area contributed by atoms with Crippen molar-refractivity contribution < 1.29 is 27.8 Å². The van der Waals surface area contributed by atoms with Gasteiger partial charge in [-0.1, -0.05) is 30.3 Å². The van der Waals surface area contributed by atoms with Gasteiger partial charge in [0.1, 0.15) is 5.75 Å². The van der Waals surface area contributed by atoms with Crippen LogP contribution in [0.15, 0.2) is 54.6 Å². The molecule has 0 spiro atoms. The number of nitrogens with zero attached hydrogens (tertiary/aromatic N) is 1. The van der Waals surface area contributed by atoms with Gasteiger partial charge in [0.2, 0.25) is 5.91 Å². The van der Waals surface area contributed by atoms with Crippen molar-refractivity contribution in [3.8, 4) is 5.75 Å². The van der Waals surface area contributed by atoms with Crippen molar-refractivity contribution in [1.29, 1.82) is 0 Å². The summed E-state index contributed by atoms with van der Waals surface area (Å²) < 4.78 is 40.4. The van der Waals surface area contributed by atoms with Crippen LogP contribution in [0.3, 0.4) is 0 Å². The molecule has 3 rings (SSSR count). The second kappa shape index (κ2) is 8.84. The number of rotatable bonds is 5. The van der Waals surface area contributed by atoms with Gasteiger partial charge in [-0.15, -0.1) is 13.2 Å². The second-order valence-electron chi connectivity index (χ2n) is 7.15. The van der Waals surface area contributed by atoms with Crippen molar-refractivity contribution in [3.05, 3.63) is 60.2 Å². The van der Waals surface area contributed by atoms with Gasteiger partial charge in [0.15, 0.2) is 0 Å². The van der Waals surface area contributed by atoms with E-state index in [1.54, 1.807) is 0 Å². The highest BCUT2D eigenvalue weighted by Crippen LogP contribution is 2.32. The van der Waals surface area contributed by atoms with Gasteiger partial charge in [-0.2, -0.15) is 0 Å². The lowest BCUT2D eigenvalue weighted by atomic mass is 9.87. The number of likely N-dealkylation sites (tertiary alicyclic amines) is 1. The third-order valence-corrected chi connectivity index (χ3v) is 4.96. The molecule has 8 heteroatoms. The summed E-state index contributed by atoms with van der Waals surface area (Å²) in [7, 11) is 0. The first-order valence-corrected chi connectivity index (χ1v) is 9.39. The number of nitrogens with one attached hydrogen (secondary N) is 1. The first-order chi connectivity index (χ1) is 13.7. The zero-order valence-electron chi connectivity index (χ0n) is 15.8. The van der Waals surface area contributed by atoms with Crippen molar-refractivity contribution in [1.82, 2.24) is 4.90 Å². The molecule has 0 aliphatic carbocycles. The summed E-state index contributed by atoms with van der Waals surface area (Å²) in [5, 5.41) is 13.7. The number of amides is 1. The molecular weight excluding hydrogens is 385 g/mol. The normalized spacial score (nSPS) is 20.7. The molecule has 1 heterocycles. The number of anilines is 1. The molecule has 156 valence electrons. The van der Waals surface area contributed by atoms with E-state index in [9.17, 15) is 23.1 Å². The Kier molecular flexibility index (Phi) is 6.44. The number of halogens is 3. The van der Waals surface area contributed by atoms with Crippen molar-refractivity contribution in [2.24, 2.45) is 0 Å². The van der Waals surface area contributed by atoms with Crippen molar-refractivity contribution in [2.75, 3.05) is 25.0 Å². The van der Waals surface area contributed by atoms with E-state index in [-0.39, 0.29) is 18.2 Å².